The minimum Gasteiger partial charge on any atom is -0.304 e. The third-order valence-electron chi connectivity index (χ3n) is 2.07. The number of nitrogens with zero attached hydrogens (tertiary/aromatic N) is 1. The molecule has 0 saturated heterocycles. The van der Waals surface area contributed by atoms with Crippen LogP contribution in [0.5, 0.6) is 0 Å². The van der Waals surface area contributed by atoms with Gasteiger partial charge in [0.2, 0.25) is 0 Å². The fourth-order valence-corrected chi connectivity index (χ4v) is 1.20. The van der Waals surface area contributed by atoms with Crippen LogP contribution in [-0.2, 0) is 0 Å². The third kappa shape index (κ3) is 6.36. The minimum absolute atomic E-state index is 1.20. The Morgan fingerprint density at radius 3 is 2.18 bits per heavy atom. The fourth-order valence-electron chi connectivity index (χ4n) is 1.20. The topological polar surface area (TPSA) is 3.24 Å². The van der Waals surface area contributed by atoms with Crippen molar-refractivity contribution in [3.05, 3.63) is 6.42 Å². The standard InChI is InChI=1S/C10H22N/c1-4-7-8-9-10-11(5-2)6-3/h7H,4-6,8-10H2,1-3H3. The number of hydrogen-bond donors (Lipinski definition) is 0. The summed E-state index contributed by atoms with van der Waals surface area (Å²) in [6.45, 7) is 10.3. The molecule has 0 aliphatic carbocycles. The Bertz CT molecular complexity index is 67.3. The molecule has 1 radical (unpaired) electrons. The maximum Gasteiger partial charge on any atom is -0.00189 e. The zero-order chi connectivity index (χ0) is 8.53. The summed E-state index contributed by atoms with van der Waals surface area (Å²) in [7, 11) is 0. The Morgan fingerprint density at radius 2 is 1.73 bits per heavy atom. The maximum atomic E-state index is 2.48. The van der Waals surface area contributed by atoms with E-state index in [4.69, 9.17) is 0 Å². The van der Waals surface area contributed by atoms with Gasteiger partial charge < -0.3 is 4.90 Å². The van der Waals surface area contributed by atoms with Gasteiger partial charge in [-0.15, -0.1) is 0 Å². The third-order valence-corrected chi connectivity index (χ3v) is 2.07. The van der Waals surface area contributed by atoms with Gasteiger partial charge in [0.05, 0.1) is 0 Å². The number of hydrogen-bond acceptors (Lipinski definition) is 1. The molecule has 0 spiro atoms. The molecule has 0 heterocycles. The van der Waals surface area contributed by atoms with E-state index in [0.29, 0.717) is 0 Å². The first-order valence-electron chi connectivity index (χ1n) is 4.89. The Kier molecular flexibility index (Phi) is 8.03. The van der Waals surface area contributed by atoms with Crippen molar-refractivity contribution in [3.8, 4) is 0 Å². The molecule has 0 aromatic carbocycles. The molecule has 0 saturated carbocycles. The van der Waals surface area contributed by atoms with Gasteiger partial charge in [0.1, 0.15) is 0 Å². The second-order valence-corrected chi connectivity index (χ2v) is 2.87. The summed E-state index contributed by atoms with van der Waals surface area (Å²) in [4.78, 5) is 2.48. The number of rotatable bonds is 7. The van der Waals surface area contributed by atoms with Gasteiger partial charge in [-0.1, -0.05) is 27.2 Å². The Morgan fingerprint density at radius 1 is 1.09 bits per heavy atom. The fraction of sp³-hybridized carbons (Fsp3) is 0.900. The van der Waals surface area contributed by atoms with Gasteiger partial charge in [0.15, 0.2) is 0 Å². The van der Waals surface area contributed by atoms with E-state index in [1.165, 1.54) is 38.9 Å². The molecule has 0 fully saturated rings. The van der Waals surface area contributed by atoms with Gasteiger partial charge in [-0.3, -0.25) is 0 Å². The molecule has 0 aromatic heterocycles. The molecule has 0 aliphatic rings. The molecule has 0 bridgehead atoms. The van der Waals surface area contributed by atoms with Crippen molar-refractivity contribution < 1.29 is 0 Å². The molecule has 0 aromatic rings. The van der Waals surface area contributed by atoms with Crippen LogP contribution in [0.1, 0.15) is 40.0 Å². The molecule has 67 valence electrons. The minimum atomic E-state index is 1.20. The van der Waals surface area contributed by atoms with Crippen molar-refractivity contribution in [1.82, 2.24) is 4.90 Å². The van der Waals surface area contributed by atoms with Crippen LogP contribution >= 0.6 is 0 Å². The lowest BCUT2D eigenvalue weighted by atomic mass is 10.2. The van der Waals surface area contributed by atoms with Crippen LogP contribution in [0.3, 0.4) is 0 Å². The molecule has 0 amide bonds. The predicted octanol–water partition coefficient (Wildman–Crippen LogP) is 2.72. The first-order chi connectivity index (χ1) is 5.35. The van der Waals surface area contributed by atoms with Crippen molar-refractivity contribution in [2.75, 3.05) is 19.6 Å². The van der Waals surface area contributed by atoms with Crippen LogP contribution in [-0.4, -0.2) is 24.5 Å². The second kappa shape index (κ2) is 8.06. The summed E-state index contributed by atoms with van der Waals surface area (Å²) in [5, 5.41) is 0. The second-order valence-electron chi connectivity index (χ2n) is 2.87. The lowest BCUT2D eigenvalue weighted by Gasteiger charge is -2.17. The summed E-state index contributed by atoms with van der Waals surface area (Å²) < 4.78 is 0. The summed E-state index contributed by atoms with van der Waals surface area (Å²) >= 11 is 0. The van der Waals surface area contributed by atoms with Crippen LogP contribution in [0, 0.1) is 6.42 Å². The molecule has 0 unspecified atom stereocenters. The van der Waals surface area contributed by atoms with Gasteiger partial charge in [0.25, 0.3) is 0 Å². The Labute approximate surface area is 71.8 Å². The maximum absolute atomic E-state index is 2.48. The van der Waals surface area contributed by atoms with Crippen LogP contribution in [0.15, 0.2) is 0 Å². The zero-order valence-corrected chi connectivity index (χ0v) is 8.27. The molecule has 0 N–H and O–H groups in total. The average molecular weight is 156 g/mol. The molecular weight excluding hydrogens is 134 g/mol. The van der Waals surface area contributed by atoms with Crippen LogP contribution < -0.4 is 0 Å². The normalized spacial score (nSPS) is 10.9. The van der Waals surface area contributed by atoms with E-state index in [1.807, 2.05) is 0 Å². The van der Waals surface area contributed by atoms with Crippen molar-refractivity contribution in [2.24, 2.45) is 0 Å². The van der Waals surface area contributed by atoms with Crippen molar-refractivity contribution >= 4 is 0 Å². The number of unbranched alkanes of at least 4 members (excludes halogenated alkanes) is 3. The van der Waals surface area contributed by atoms with Crippen molar-refractivity contribution in [3.63, 3.8) is 0 Å². The zero-order valence-electron chi connectivity index (χ0n) is 8.27. The van der Waals surface area contributed by atoms with E-state index in [0.717, 1.165) is 0 Å². The highest BCUT2D eigenvalue weighted by Gasteiger charge is 1.96. The van der Waals surface area contributed by atoms with E-state index >= 15 is 0 Å². The monoisotopic (exact) mass is 156 g/mol. The largest absolute Gasteiger partial charge is 0.304 e. The molecular formula is C10H22N. The Balaban J connectivity index is 3.07. The lowest BCUT2D eigenvalue weighted by molar-refractivity contribution is 0.299. The smallest absolute Gasteiger partial charge is 0.00189 e. The highest BCUT2D eigenvalue weighted by Crippen LogP contribution is 1.99. The predicted molar refractivity (Wildman–Crippen MR) is 51.6 cm³/mol. The van der Waals surface area contributed by atoms with E-state index in [-0.39, 0.29) is 0 Å². The van der Waals surface area contributed by atoms with Crippen molar-refractivity contribution in [2.45, 2.75) is 40.0 Å². The molecule has 1 heteroatoms. The Hall–Kier alpha value is -0.0400. The van der Waals surface area contributed by atoms with Crippen LogP contribution in [0.2, 0.25) is 0 Å². The van der Waals surface area contributed by atoms with E-state index < -0.39 is 0 Å². The van der Waals surface area contributed by atoms with Crippen LogP contribution in [0.25, 0.3) is 0 Å². The summed E-state index contributed by atoms with van der Waals surface area (Å²) in [5.41, 5.74) is 0. The van der Waals surface area contributed by atoms with Gasteiger partial charge in [0, 0.05) is 0 Å². The van der Waals surface area contributed by atoms with Gasteiger partial charge >= 0.3 is 0 Å². The molecule has 1 nitrogen and oxygen atoms in total. The van der Waals surface area contributed by atoms with E-state index in [9.17, 15) is 0 Å². The summed E-state index contributed by atoms with van der Waals surface area (Å²) in [5.74, 6) is 0. The van der Waals surface area contributed by atoms with E-state index in [1.54, 1.807) is 0 Å². The van der Waals surface area contributed by atoms with E-state index in [2.05, 4.69) is 32.1 Å². The highest BCUT2D eigenvalue weighted by atomic mass is 15.1. The molecule has 0 aliphatic heterocycles. The molecule has 0 rings (SSSR count). The molecule has 0 atom stereocenters. The first-order valence-corrected chi connectivity index (χ1v) is 4.89. The summed E-state index contributed by atoms with van der Waals surface area (Å²) in [6.07, 6.45) is 6.20. The quantitative estimate of drug-likeness (QED) is 0.512. The van der Waals surface area contributed by atoms with Gasteiger partial charge in [-0.2, -0.15) is 0 Å². The SMILES string of the molecule is CC[CH]CCCN(CC)CC. The molecule has 11 heavy (non-hydrogen) atoms. The van der Waals surface area contributed by atoms with Crippen LogP contribution in [0.4, 0.5) is 0 Å². The van der Waals surface area contributed by atoms with Crippen molar-refractivity contribution in [1.29, 1.82) is 0 Å². The lowest BCUT2D eigenvalue weighted by Crippen LogP contribution is -2.23. The average Bonchev–Trinajstić information content (AvgIpc) is 2.05. The first kappa shape index (κ1) is 11.0. The van der Waals surface area contributed by atoms with Gasteiger partial charge in [-0.05, 0) is 38.9 Å². The van der Waals surface area contributed by atoms with Gasteiger partial charge in [-0.25, -0.2) is 0 Å². The highest BCUT2D eigenvalue weighted by molar-refractivity contribution is 4.63. The summed E-state index contributed by atoms with van der Waals surface area (Å²) in [6, 6.07) is 0.